The van der Waals surface area contributed by atoms with E-state index in [9.17, 15) is 4.79 Å². The van der Waals surface area contributed by atoms with Gasteiger partial charge in [-0.25, -0.2) is 4.98 Å². The SMILES string of the molecule is COc1cccc(Nc2ncc(-c3ccccc3CN(C)C(=O)CN)o2)c1. The number of anilines is 2. The summed E-state index contributed by atoms with van der Waals surface area (Å²) in [6, 6.07) is 15.6. The summed E-state index contributed by atoms with van der Waals surface area (Å²) < 4.78 is 11.1. The number of oxazole rings is 1. The van der Waals surface area contributed by atoms with Gasteiger partial charge in [0.25, 0.3) is 6.01 Å². The zero-order valence-electron chi connectivity index (χ0n) is 15.3. The maximum atomic E-state index is 11.8. The van der Waals surface area contributed by atoms with Crippen LogP contribution in [0.5, 0.6) is 5.75 Å². The Kier molecular flexibility index (Phi) is 5.73. The normalized spacial score (nSPS) is 10.5. The van der Waals surface area contributed by atoms with Crippen molar-refractivity contribution in [1.29, 1.82) is 0 Å². The number of benzene rings is 2. The standard InChI is InChI=1S/C20H22N4O3/c1-24(19(25)11-21)13-14-6-3-4-9-17(14)18-12-22-20(27-18)23-15-7-5-8-16(10-15)26-2/h3-10,12H,11,13,21H2,1-2H3,(H,22,23). The van der Waals surface area contributed by atoms with E-state index in [1.54, 1.807) is 25.3 Å². The highest BCUT2D eigenvalue weighted by Gasteiger charge is 2.14. The van der Waals surface area contributed by atoms with E-state index >= 15 is 0 Å². The number of methoxy groups -OCH3 is 1. The Morgan fingerprint density at radius 3 is 2.85 bits per heavy atom. The second kappa shape index (κ2) is 8.37. The lowest BCUT2D eigenvalue weighted by atomic mass is 10.1. The van der Waals surface area contributed by atoms with Crippen LogP contribution in [0.15, 0.2) is 59.1 Å². The van der Waals surface area contributed by atoms with Crippen molar-refractivity contribution >= 4 is 17.6 Å². The molecule has 0 bridgehead atoms. The number of nitrogens with two attached hydrogens (primary N) is 1. The van der Waals surface area contributed by atoms with Gasteiger partial charge < -0.3 is 25.1 Å². The van der Waals surface area contributed by atoms with Crippen molar-refractivity contribution in [2.75, 3.05) is 26.0 Å². The highest BCUT2D eigenvalue weighted by molar-refractivity contribution is 5.78. The summed E-state index contributed by atoms with van der Waals surface area (Å²) in [5, 5.41) is 3.12. The first-order valence-corrected chi connectivity index (χ1v) is 8.50. The molecule has 140 valence electrons. The molecule has 0 aliphatic carbocycles. The summed E-state index contributed by atoms with van der Waals surface area (Å²) in [5.74, 6) is 1.23. The zero-order chi connectivity index (χ0) is 19.2. The van der Waals surface area contributed by atoms with Crippen molar-refractivity contribution in [2.45, 2.75) is 6.54 Å². The Bertz CT molecular complexity index is 923. The van der Waals surface area contributed by atoms with E-state index in [1.165, 1.54) is 0 Å². The predicted molar refractivity (Wildman–Crippen MR) is 104 cm³/mol. The highest BCUT2D eigenvalue weighted by atomic mass is 16.5. The van der Waals surface area contributed by atoms with Crippen LogP contribution in [0.4, 0.5) is 11.7 Å². The lowest BCUT2D eigenvalue weighted by Gasteiger charge is -2.17. The van der Waals surface area contributed by atoms with Gasteiger partial charge in [0.1, 0.15) is 5.75 Å². The molecule has 3 N–H and O–H groups in total. The molecule has 0 unspecified atom stereocenters. The van der Waals surface area contributed by atoms with Crippen molar-refractivity contribution in [3.05, 3.63) is 60.3 Å². The molecular weight excluding hydrogens is 344 g/mol. The minimum Gasteiger partial charge on any atom is -0.497 e. The first kappa shape index (κ1) is 18.5. The third kappa shape index (κ3) is 4.45. The number of amides is 1. The molecule has 0 spiro atoms. The minimum atomic E-state index is -0.122. The van der Waals surface area contributed by atoms with E-state index in [-0.39, 0.29) is 12.5 Å². The fourth-order valence-electron chi connectivity index (χ4n) is 2.68. The van der Waals surface area contributed by atoms with Gasteiger partial charge >= 0.3 is 0 Å². The third-order valence-corrected chi connectivity index (χ3v) is 4.12. The molecule has 0 atom stereocenters. The Morgan fingerprint density at radius 1 is 1.26 bits per heavy atom. The summed E-state index contributed by atoms with van der Waals surface area (Å²) in [5.41, 5.74) is 8.07. The number of hydrogen-bond donors (Lipinski definition) is 2. The van der Waals surface area contributed by atoms with Crippen molar-refractivity contribution < 1.29 is 13.9 Å². The van der Waals surface area contributed by atoms with Crippen LogP contribution in [0, 0.1) is 0 Å². The van der Waals surface area contributed by atoms with Crippen molar-refractivity contribution in [2.24, 2.45) is 5.73 Å². The van der Waals surface area contributed by atoms with Gasteiger partial charge in [-0.3, -0.25) is 4.79 Å². The van der Waals surface area contributed by atoms with E-state index < -0.39 is 0 Å². The Labute approximate surface area is 157 Å². The van der Waals surface area contributed by atoms with Gasteiger partial charge in [0.05, 0.1) is 19.9 Å². The smallest absolute Gasteiger partial charge is 0.299 e. The molecule has 0 saturated carbocycles. The number of aromatic nitrogens is 1. The number of hydrogen-bond acceptors (Lipinski definition) is 6. The number of rotatable bonds is 7. The molecule has 0 fully saturated rings. The molecule has 2 aromatic carbocycles. The van der Waals surface area contributed by atoms with E-state index in [1.807, 2.05) is 48.5 Å². The number of carbonyl (C=O) groups excluding carboxylic acids is 1. The molecule has 0 aliphatic rings. The molecule has 3 aromatic rings. The summed E-state index contributed by atoms with van der Waals surface area (Å²) in [6.07, 6.45) is 1.66. The van der Waals surface area contributed by atoms with Crippen molar-refractivity contribution in [3.63, 3.8) is 0 Å². The van der Waals surface area contributed by atoms with Gasteiger partial charge in [-0.2, -0.15) is 0 Å². The van der Waals surface area contributed by atoms with E-state index in [4.69, 9.17) is 14.9 Å². The van der Waals surface area contributed by atoms with Crippen LogP contribution in [0.2, 0.25) is 0 Å². The third-order valence-electron chi connectivity index (χ3n) is 4.12. The van der Waals surface area contributed by atoms with Crippen LogP contribution in [0.25, 0.3) is 11.3 Å². The summed E-state index contributed by atoms with van der Waals surface area (Å²) in [4.78, 5) is 17.7. The van der Waals surface area contributed by atoms with Crippen LogP contribution >= 0.6 is 0 Å². The number of nitrogens with one attached hydrogen (secondary N) is 1. The maximum absolute atomic E-state index is 11.8. The fraction of sp³-hybridized carbons (Fsp3) is 0.200. The molecule has 27 heavy (non-hydrogen) atoms. The summed E-state index contributed by atoms with van der Waals surface area (Å²) >= 11 is 0. The Hall–Kier alpha value is -3.32. The topological polar surface area (TPSA) is 93.6 Å². The number of ether oxygens (including phenoxy) is 1. The lowest BCUT2D eigenvalue weighted by Crippen LogP contribution is -2.32. The second-order valence-electron chi connectivity index (χ2n) is 6.00. The predicted octanol–water partition coefficient (Wildman–Crippen LogP) is 3.01. The summed E-state index contributed by atoms with van der Waals surface area (Å²) in [7, 11) is 3.34. The maximum Gasteiger partial charge on any atom is 0.299 e. The molecule has 3 rings (SSSR count). The monoisotopic (exact) mass is 366 g/mol. The zero-order valence-corrected chi connectivity index (χ0v) is 15.3. The van der Waals surface area contributed by atoms with Gasteiger partial charge in [-0.15, -0.1) is 0 Å². The van der Waals surface area contributed by atoms with Crippen LogP contribution in [0.1, 0.15) is 5.56 Å². The summed E-state index contributed by atoms with van der Waals surface area (Å²) in [6.45, 7) is 0.418. The quantitative estimate of drug-likeness (QED) is 0.668. The van der Waals surface area contributed by atoms with Crippen LogP contribution < -0.4 is 15.8 Å². The largest absolute Gasteiger partial charge is 0.497 e. The molecule has 0 saturated heterocycles. The average molecular weight is 366 g/mol. The van der Waals surface area contributed by atoms with E-state index in [2.05, 4.69) is 10.3 Å². The van der Waals surface area contributed by atoms with Crippen molar-refractivity contribution in [3.8, 4) is 17.1 Å². The molecule has 0 aliphatic heterocycles. The highest BCUT2D eigenvalue weighted by Crippen LogP contribution is 2.28. The lowest BCUT2D eigenvalue weighted by molar-refractivity contribution is -0.128. The molecule has 1 aromatic heterocycles. The van der Waals surface area contributed by atoms with Gasteiger partial charge in [0.15, 0.2) is 5.76 Å². The fourth-order valence-corrected chi connectivity index (χ4v) is 2.68. The van der Waals surface area contributed by atoms with E-state index in [0.717, 1.165) is 22.6 Å². The van der Waals surface area contributed by atoms with Gasteiger partial charge in [-0.05, 0) is 17.7 Å². The number of nitrogens with zero attached hydrogens (tertiary/aromatic N) is 2. The molecule has 1 heterocycles. The Morgan fingerprint density at radius 2 is 2.07 bits per heavy atom. The molecule has 1 amide bonds. The molecule has 7 nitrogen and oxygen atoms in total. The van der Waals surface area contributed by atoms with Gasteiger partial charge in [0, 0.05) is 30.9 Å². The van der Waals surface area contributed by atoms with Gasteiger partial charge in [-0.1, -0.05) is 30.3 Å². The molecular formula is C20H22N4O3. The van der Waals surface area contributed by atoms with Crippen molar-refractivity contribution in [1.82, 2.24) is 9.88 Å². The number of carbonyl (C=O) groups is 1. The Balaban J connectivity index is 1.81. The van der Waals surface area contributed by atoms with Gasteiger partial charge in [0.2, 0.25) is 5.91 Å². The average Bonchev–Trinajstić information content (AvgIpc) is 3.16. The van der Waals surface area contributed by atoms with Crippen LogP contribution in [-0.4, -0.2) is 36.5 Å². The number of likely N-dealkylation sites (N-methyl/N-ethyl adjacent to an activating group) is 1. The molecule has 7 heteroatoms. The second-order valence-corrected chi connectivity index (χ2v) is 6.00. The minimum absolute atomic E-state index is 0.0183. The molecule has 0 radical (unpaired) electrons. The first-order chi connectivity index (χ1) is 13.1. The van der Waals surface area contributed by atoms with Crippen LogP contribution in [-0.2, 0) is 11.3 Å². The van der Waals surface area contributed by atoms with Crippen LogP contribution in [0.3, 0.4) is 0 Å². The first-order valence-electron chi connectivity index (χ1n) is 8.50. The van der Waals surface area contributed by atoms with E-state index in [0.29, 0.717) is 18.3 Å².